The molecule has 4 aromatic rings. The van der Waals surface area contributed by atoms with Crippen LogP contribution in [0.3, 0.4) is 0 Å². The van der Waals surface area contributed by atoms with Crippen molar-refractivity contribution in [2.45, 2.75) is 0 Å². The van der Waals surface area contributed by atoms with E-state index in [9.17, 15) is 9.59 Å². The highest BCUT2D eigenvalue weighted by atomic mass is 79.9. The van der Waals surface area contributed by atoms with Gasteiger partial charge in [0.05, 0.1) is 18.1 Å². The molecule has 0 bridgehead atoms. The molecule has 0 fully saturated rings. The van der Waals surface area contributed by atoms with Crippen molar-refractivity contribution in [3.05, 3.63) is 93.3 Å². The SMILES string of the molecule is COc1ccc(C(=O)COc2ccc3c(=O)c(-c4ccc(Br)cc4)coc3c2)cc1. The quantitative estimate of drug-likeness (QED) is 0.352. The van der Waals surface area contributed by atoms with Crippen LogP contribution in [0.2, 0.25) is 0 Å². The number of carbonyl (C=O) groups is 1. The monoisotopic (exact) mass is 464 g/mol. The van der Waals surface area contributed by atoms with Crippen LogP contribution in [0.15, 0.2) is 86.7 Å². The van der Waals surface area contributed by atoms with Gasteiger partial charge in [0, 0.05) is 16.1 Å². The van der Waals surface area contributed by atoms with E-state index in [0.29, 0.717) is 33.6 Å². The molecule has 0 unspecified atom stereocenters. The first-order valence-corrected chi connectivity index (χ1v) is 9.96. The van der Waals surface area contributed by atoms with E-state index in [1.807, 2.05) is 24.3 Å². The molecule has 0 aliphatic carbocycles. The van der Waals surface area contributed by atoms with Crippen LogP contribution < -0.4 is 14.9 Å². The van der Waals surface area contributed by atoms with Gasteiger partial charge in [-0.25, -0.2) is 0 Å². The van der Waals surface area contributed by atoms with Crippen molar-refractivity contribution in [1.82, 2.24) is 0 Å². The van der Waals surface area contributed by atoms with Crippen molar-refractivity contribution in [1.29, 1.82) is 0 Å². The van der Waals surface area contributed by atoms with E-state index in [0.717, 1.165) is 10.0 Å². The molecule has 0 N–H and O–H groups in total. The highest BCUT2D eigenvalue weighted by Crippen LogP contribution is 2.24. The summed E-state index contributed by atoms with van der Waals surface area (Å²) in [5.41, 5.74) is 2.06. The lowest BCUT2D eigenvalue weighted by molar-refractivity contribution is 0.0921. The minimum absolute atomic E-state index is 0.126. The van der Waals surface area contributed by atoms with Gasteiger partial charge in [0.15, 0.2) is 17.8 Å². The van der Waals surface area contributed by atoms with Gasteiger partial charge in [0.25, 0.3) is 0 Å². The number of methoxy groups -OCH3 is 1. The molecule has 3 aromatic carbocycles. The lowest BCUT2D eigenvalue weighted by Gasteiger charge is -2.08. The van der Waals surface area contributed by atoms with Gasteiger partial charge in [-0.05, 0) is 54.1 Å². The topological polar surface area (TPSA) is 65.7 Å². The Hall–Kier alpha value is -3.38. The second-order valence-corrected chi connectivity index (χ2v) is 7.50. The summed E-state index contributed by atoms with van der Waals surface area (Å²) in [4.78, 5) is 25.2. The van der Waals surface area contributed by atoms with E-state index in [1.54, 1.807) is 49.6 Å². The first-order chi connectivity index (χ1) is 14.5. The molecule has 0 saturated heterocycles. The van der Waals surface area contributed by atoms with Gasteiger partial charge in [-0.15, -0.1) is 0 Å². The van der Waals surface area contributed by atoms with E-state index in [1.165, 1.54) is 6.26 Å². The molecule has 30 heavy (non-hydrogen) atoms. The fourth-order valence-electron chi connectivity index (χ4n) is 3.04. The number of fused-ring (bicyclic) bond motifs is 1. The molecule has 0 saturated carbocycles. The Morgan fingerprint density at radius 1 is 0.967 bits per heavy atom. The molecule has 5 nitrogen and oxygen atoms in total. The van der Waals surface area contributed by atoms with E-state index < -0.39 is 0 Å². The number of Topliss-reactive ketones (excluding diaryl/α,β-unsaturated/α-hetero) is 1. The predicted molar refractivity (Wildman–Crippen MR) is 118 cm³/mol. The Morgan fingerprint density at radius 2 is 1.67 bits per heavy atom. The Bertz CT molecular complexity index is 1260. The van der Waals surface area contributed by atoms with E-state index in [4.69, 9.17) is 13.9 Å². The number of ether oxygens (including phenoxy) is 2. The van der Waals surface area contributed by atoms with E-state index in [-0.39, 0.29) is 17.8 Å². The van der Waals surface area contributed by atoms with Gasteiger partial charge < -0.3 is 13.9 Å². The molecular formula is C24H17BrO5. The second-order valence-electron chi connectivity index (χ2n) is 6.58. The molecule has 0 aliphatic heterocycles. The summed E-state index contributed by atoms with van der Waals surface area (Å²) >= 11 is 3.39. The van der Waals surface area contributed by atoms with E-state index in [2.05, 4.69) is 15.9 Å². The summed E-state index contributed by atoms with van der Waals surface area (Å²) in [7, 11) is 1.57. The Labute approximate surface area is 181 Å². The first-order valence-electron chi connectivity index (χ1n) is 9.17. The Morgan fingerprint density at radius 3 is 2.37 bits per heavy atom. The van der Waals surface area contributed by atoms with Crippen molar-refractivity contribution in [3.8, 4) is 22.6 Å². The number of benzene rings is 3. The van der Waals surface area contributed by atoms with Crippen molar-refractivity contribution < 1.29 is 18.7 Å². The average Bonchev–Trinajstić information content (AvgIpc) is 2.78. The number of hydrogen-bond donors (Lipinski definition) is 0. The lowest BCUT2D eigenvalue weighted by atomic mass is 10.1. The van der Waals surface area contributed by atoms with Crippen molar-refractivity contribution in [2.75, 3.05) is 13.7 Å². The highest BCUT2D eigenvalue weighted by Gasteiger charge is 2.12. The van der Waals surface area contributed by atoms with Gasteiger partial charge in [-0.3, -0.25) is 9.59 Å². The summed E-state index contributed by atoms with van der Waals surface area (Å²) in [6, 6.07) is 19.2. The number of rotatable bonds is 6. The normalized spacial score (nSPS) is 10.7. The molecule has 0 radical (unpaired) electrons. The minimum Gasteiger partial charge on any atom is -0.497 e. The van der Waals surface area contributed by atoms with Crippen LogP contribution in [0, 0.1) is 0 Å². The van der Waals surface area contributed by atoms with Crippen LogP contribution in [-0.4, -0.2) is 19.5 Å². The third kappa shape index (κ3) is 4.14. The van der Waals surface area contributed by atoms with Gasteiger partial charge >= 0.3 is 0 Å². The standard InChI is InChI=1S/C24H17BrO5/c1-28-18-8-4-16(5-9-18)22(26)14-29-19-10-11-20-23(12-19)30-13-21(24(20)27)15-2-6-17(25)7-3-15/h2-13H,14H2,1H3. The summed E-state index contributed by atoms with van der Waals surface area (Å²) in [6.07, 6.45) is 1.44. The third-order valence-electron chi connectivity index (χ3n) is 4.68. The Balaban J connectivity index is 1.53. The zero-order valence-corrected chi connectivity index (χ0v) is 17.6. The highest BCUT2D eigenvalue weighted by molar-refractivity contribution is 9.10. The van der Waals surface area contributed by atoms with Crippen molar-refractivity contribution >= 4 is 32.7 Å². The maximum absolute atomic E-state index is 12.9. The van der Waals surface area contributed by atoms with Gasteiger partial charge in [-0.1, -0.05) is 28.1 Å². The van der Waals surface area contributed by atoms with Crippen molar-refractivity contribution in [3.63, 3.8) is 0 Å². The third-order valence-corrected chi connectivity index (χ3v) is 5.21. The first kappa shape index (κ1) is 19.9. The summed E-state index contributed by atoms with van der Waals surface area (Å²) in [5.74, 6) is 0.966. The molecule has 0 amide bonds. The number of halogens is 1. The molecule has 0 aliphatic rings. The Kier molecular flexibility index (Phi) is 5.68. The van der Waals surface area contributed by atoms with Crippen LogP contribution in [0.5, 0.6) is 11.5 Å². The largest absolute Gasteiger partial charge is 0.497 e. The van der Waals surface area contributed by atoms with Crippen LogP contribution in [0.4, 0.5) is 0 Å². The maximum Gasteiger partial charge on any atom is 0.200 e. The molecule has 6 heteroatoms. The smallest absolute Gasteiger partial charge is 0.200 e. The van der Waals surface area contributed by atoms with E-state index >= 15 is 0 Å². The molecule has 1 heterocycles. The molecular weight excluding hydrogens is 448 g/mol. The van der Waals surface area contributed by atoms with Gasteiger partial charge in [0.1, 0.15) is 23.3 Å². The summed E-state index contributed by atoms with van der Waals surface area (Å²) < 4.78 is 17.3. The van der Waals surface area contributed by atoms with Crippen LogP contribution in [0.1, 0.15) is 10.4 Å². The van der Waals surface area contributed by atoms with Crippen LogP contribution >= 0.6 is 15.9 Å². The van der Waals surface area contributed by atoms with Gasteiger partial charge in [-0.2, -0.15) is 0 Å². The molecule has 0 atom stereocenters. The van der Waals surface area contributed by atoms with Crippen molar-refractivity contribution in [2.24, 2.45) is 0 Å². The average molecular weight is 465 g/mol. The molecule has 4 rings (SSSR count). The van der Waals surface area contributed by atoms with Crippen LogP contribution in [0.25, 0.3) is 22.1 Å². The number of ketones is 1. The van der Waals surface area contributed by atoms with Gasteiger partial charge in [0.2, 0.25) is 0 Å². The second kappa shape index (κ2) is 8.55. The minimum atomic E-state index is -0.162. The summed E-state index contributed by atoms with van der Waals surface area (Å²) in [6.45, 7) is -0.126. The summed E-state index contributed by atoms with van der Waals surface area (Å²) in [5, 5.41) is 0.448. The fourth-order valence-corrected chi connectivity index (χ4v) is 3.30. The zero-order valence-electron chi connectivity index (χ0n) is 16.1. The van der Waals surface area contributed by atoms with Crippen LogP contribution in [-0.2, 0) is 0 Å². The fraction of sp³-hybridized carbons (Fsp3) is 0.0833. The molecule has 1 aromatic heterocycles. The zero-order chi connectivity index (χ0) is 21.1. The number of hydrogen-bond acceptors (Lipinski definition) is 5. The predicted octanol–water partition coefficient (Wildman–Crippen LogP) is 5.49. The number of carbonyl (C=O) groups excluding carboxylic acids is 1. The molecule has 0 spiro atoms. The lowest BCUT2D eigenvalue weighted by Crippen LogP contribution is -2.11. The molecule has 150 valence electrons. The maximum atomic E-state index is 12.9.